The molecular formula is C48H37Cl2F5N8O4. The van der Waals surface area contributed by atoms with Crippen LogP contribution in [0.25, 0.3) is 22.5 Å². The van der Waals surface area contributed by atoms with E-state index in [1.54, 1.807) is 104 Å². The Bertz CT molecular complexity index is 3050. The van der Waals surface area contributed by atoms with Crippen LogP contribution >= 0.6 is 23.2 Å². The van der Waals surface area contributed by atoms with Crippen LogP contribution in [-0.4, -0.2) is 41.4 Å². The summed E-state index contributed by atoms with van der Waals surface area (Å²) in [6.07, 6.45) is 6.01. The fourth-order valence-corrected chi connectivity index (χ4v) is 6.48. The first kappa shape index (κ1) is 48.7. The summed E-state index contributed by atoms with van der Waals surface area (Å²) < 4.78 is 82.8. The first-order chi connectivity index (χ1) is 32.0. The van der Waals surface area contributed by atoms with Gasteiger partial charge >= 0.3 is 6.18 Å². The van der Waals surface area contributed by atoms with E-state index in [1.807, 2.05) is 6.92 Å². The number of carbonyl (C=O) groups is 1. The second-order valence-corrected chi connectivity index (χ2v) is 15.3. The van der Waals surface area contributed by atoms with Gasteiger partial charge < -0.3 is 15.2 Å². The Morgan fingerprint density at radius 1 is 0.716 bits per heavy atom. The molecule has 0 unspecified atom stereocenters. The average molecular weight is 956 g/mol. The molecule has 8 rings (SSSR count). The molecule has 2 N–H and O–H groups in total. The molecule has 0 radical (unpaired) electrons. The second-order valence-electron chi connectivity index (χ2n) is 14.5. The summed E-state index contributed by atoms with van der Waals surface area (Å²) >= 11 is 11.4. The summed E-state index contributed by atoms with van der Waals surface area (Å²) in [7, 11) is 3.47. The largest absolute Gasteiger partial charge is 0.454 e. The van der Waals surface area contributed by atoms with Crippen LogP contribution in [0, 0.1) is 18.6 Å². The van der Waals surface area contributed by atoms with Crippen LogP contribution in [-0.2, 0) is 42.7 Å². The highest BCUT2D eigenvalue weighted by molar-refractivity contribution is 6.31. The number of rotatable bonds is 11. The van der Waals surface area contributed by atoms with Gasteiger partial charge in [-0.1, -0.05) is 41.4 Å². The number of carbonyl (C=O) groups excluding carboxylic acids is 2. The fourth-order valence-electron chi connectivity index (χ4n) is 6.13. The minimum absolute atomic E-state index is 0.0129. The fraction of sp³-hybridized carbons (Fsp3) is 0.125. The van der Waals surface area contributed by atoms with E-state index in [0.717, 1.165) is 17.7 Å². The van der Waals surface area contributed by atoms with E-state index in [-0.39, 0.29) is 47.1 Å². The van der Waals surface area contributed by atoms with Crippen molar-refractivity contribution < 1.29 is 41.0 Å². The van der Waals surface area contributed by atoms with E-state index in [1.165, 1.54) is 47.6 Å². The lowest BCUT2D eigenvalue weighted by Gasteiger charge is -2.11. The van der Waals surface area contributed by atoms with Crippen molar-refractivity contribution in [3.05, 3.63) is 178 Å². The Morgan fingerprint density at radius 2 is 1.21 bits per heavy atom. The van der Waals surface area contributed by atoms with Gasteiger partial charge in [0.05, 0.1) is 28.7 Å². The van der Waals surface area contributed by atoms with Crippen LogP contribution < -0.4 is 15.2 Å². The van der Waals surface area contributed by atoms with Crippen molar-refractivity contribution in [2.75, 3.05) is 5.73 Å². The molecule has 4 heterocycles. The van der Waals surface area contributed by atoms with Crippen LogP contribution in [0.15, 0.2) is 139 Å². The first-order valence-corrected chi connectivity index (χ1v) is 20.5. The van der Waals surface area contributed by atoms with E-state index in [2.05, 4.69) is 25.2 Å². The number of nitrogens with zero attached hydrogens (tertiary/aromatic N) is 7. The van der Waals surface area contributed by atoms with Crippen molar-refractivity contribution in [2.45, 2.75) is 25.9 Å². The van der Waals surface area contributed by atoms with Gasteiger partial charge in [-0.3, -0.25) is 24.1 Å². The topological polar surface area (TPSA) is 152 Å². The molecule has 0 saturated heterocycles. The summed E-state index contributed by atoms with van der Waals surface area (Å²) in [5, 5.41) is 8.29. The predicted molar refractivity (Wildman–Crippen MR) is 243 cm³/mol. The van der Waals surface area contributed by atoms with Gasteiger partial charge in [-0.15, -0.1) is 0 Å². The molecule has 0 atom stereocenters. The van der Waals surface area contributed by atoms with Crippen molar-refractivity contribution in [2.24, 2.45) is 19.1 Å². The molecule has 67 heavy (non-hydrogen) atoms. The lowest BCUT2D eigenvalue weighted by Crippen LogP contribution is -2.10. The van der Waals surface area contributed by atoms with E-state index in [0.29, 0.717) is 44.6 Å². The Morgan fingerprint density at radius 3 is 1.69 bits per heavy atom. The van der Waals surface area contributed by atoms with Gasteiger partial charge in [-0.25, -0.2) is 13.6 Å². The van der Waals surface area contributed by atoms with Gasteiger partial charge in [-0.2, -0.15) is 28.4 Å². The van der Waals surface area contributed by atoms with Gasteiger partial charge in [0.1, 0.15) is 28.7 Å². The number of aliphatic imine (C=N–C) groups is 1. The van der Waals surface area contributed by atoms with Crippen LogP contribution in [0.1, 0.15) is 22.3 Å². The lowest BCUT2D eigenvalue weighted by molar-refractivity contribution is -0.137. The summed E-state index contributed by atoms with van der Waals surface area (Å²) in [5.74, 6) is -0.499. The maximum absolute atomic E-state index is 14.9. The number of benzene rings is 4. The molecule has 12 nitrogen and oxygen atoms in total. The number of aryl methyl sites for hydroxylation is 3. The maximum Gasteiger partial charge on any atom is 0.417 e. The number of nitrogens with two attached hydrogens (primary N) is 1. The molecule has 0 aliphatic carbocycles. The van der Waals surface area contributed by atoms with Crippen molar-refractivity contribution in [3.63, 3.8) is 0 Å². The maximum atomic E-state index is 14.9. The number of aromatic nitrogens is 6. The van der Waals surface area contributed by atoms with Gasteiger partial charge in [0, 0.05) is 85.7 Å². The normalized spacial score (nSPS) is 10.8. The van der Waals surface area contributed by atoms with E-state index in [9.17, 15) is 31.5 Å². The summed E-state index contributed by atoms with van der Waals surface area (Å²) in [6, 6.07) is 24.6. The van der Waals surface area contributed by atoms with Crippen molar-refractivity contribution in [1.82, 2.24) is 29.5 Å². The number of pyridine rings is 2. The van der Waals surface area contributed by atoms with Crippen molar-refractivity contribution >= 4 is 46.4 Å². The minimum atomic E-state index is -4.60. The smallest absolute Gasteiger partial charge is 0.417 e. The number of Topliss-reactive ketones (excluding diaryl/α,β-unsaturated/α-hetero) is 1. The third-order valence-corrected chi connectivity index (χ3v) is 10.1. The van der Waals surface area contributed by atoms with Crippen LogP contribution in [0.2, 0.25) is 10.0 Å². The molecule has 19 heteroatoms. The average Bonchev–Trinajstić information content (AvgIpc) is 3.93. The quantitative estimate of drug-likeness (QED) is 0.0578. The third kappa shape index (κ3) is 13.4. The summed E-state index contributed by atoms with van der Waals surface area (Å²) in [4.78, 5) is 33.8. The Hall–Kier alpha value is -7.72. The molecule has 0 bridgehead atoms. The number of ketones is 1. The molecule has 0 aliphatic heterocycles. The lowest BCUT2D eigenvalue weighted by atomic mass is 10.0. The molecule has 4 aromatic heterocycles. The van der Waals surface area contributed by atoms with E-state index >= 15 is 0 Å². The van der Waals surface area contributed by atoms with Crippen molar-refractivity contribution in [3.8, 4) is 45.5 Å². The minimum Gasteiger partial charge on any atom is -0.454 e. The van der Waals surface area contributed by atoms with E-state index < -0.39 is 28.4 Å². The Kier molecular flexibility index (Phi) is 16.0. The highest BCUT2D eigenvalue weighted by atomic mass is 35.5. The highest BCUT2D eigenvalue weighted by Crippen LogP contribution is 2.36. The van der Waals surface area contributed by atoms with Crippen LogP contribution in [0.4, 0.5) is 33.3 Å². The zero-order chi connectivity index (χ0) is 48.3. The van der Waals surface area contributed by atoms with Gasteiger partial charge in [0.25, 0.3) is 0 Å². The van der Waals surface area contributed by atoms with Gasteiger partial charge in [-0.05, 0) is 90.3 Å². The number of hydrogen-bond acceptors (Lipinski definition) is 10. The van der Waals surface area contributed by atoms with Gasteiger partial charge in [0.15, 0.2) is 23.1 Å². The molecular weight excluding hydrogens is 918 g/mol. The summed E-state index contributed by atoms with van der Waals surface area (Å²) in [5.41, 5.74) is 9.02. The second kappa shape index (κ2) is 22.0. The molecule has 0 fully saturated rings. The molecule has 342 valence electrons. The molecule has 0 aliphatic rings. The number of nitrogen functional groups attached to an aromatic ring is 1. The standard InChI is InChI=1S/C25H18ClF4N3O2.C15H13FN4O.C8H6ClNO/c1-33-14-17(13-32-33)24-23(27)22(8-9-31-24)35-19-5-2-15(3-6-19)10-18(34)11-16-4-7-21(26)20(12-16)25(28,29)30;1-20-9-10(8-19-20)15-14(16)13(6-7-18-15)21-12-4-2-11(17)3-5-12;1-6-4-7(10-5-11)2-3-8(6)9/h2-9,12-14H,10-11H2,1H3;2-9H,17H2,1H3;2-4H,1H3. The third-order valence-electron chi connectivity index (χ3n) is 9.38. The number of halogens is 7. The number of anilines is 1. The molecule has 4 aromatic carbocycles. The first-order valence-electron chi connectivity index (χ1n) is 19.8. The van der Waals surface area contributed by atoms with Gasteiger partial charge in [0.2, 0.25) is 6.08 Å². The molecule has 0 spiro atoms. The molecule has 0 amide bonds. The Labute approximate surface area is 390 Å². The zero-order valence-electron chi connectivity index (χ0n) is 35.6. The zero-order valence-corrected chi connectivity index (χ0v) is 37.1. The van der Waals surface area contributed by atoms with Crippen molar-refractivity contribution in [1.29, 1.82) is 0 Å². The molecule has 8 aromatic rings. The molecule has 0 saturated carbocycles. The number of ether oxygens (including phenoxy) is 2. The number of alkyl halides is 3. The SMILES string of the molecule is Cc1cc(N=C=O)ccc1Cl.Cn1cc(-c2nccc(Oc3ccc(CC(=O)Cc4ccc(Cl)c(C(F)(F)F)c4)cc3)c2F)cn1.Cn1cc(-c2nccc(Oc3ccc(N)cc3)c2F)cn1. The van der Waals surface area contributed by atoms with E-state index in [4.69, 9.17) is 38.4 Å². The monoisotopic (exact) mass is 954 g/mol. The summed E-state index contributed by atoms with van der Waals surface area (Å²) in [6.45, 7) is 1.85. The predicted octanol–water partition coefficient (Wildman–Crippen LogP) is 12.1. The number of hydrogen-bond donors (Lipinski definition) is 1. The Balaban J connectivity index is 0.000000194. The van der Waals surface area contributed by atoms with Crippen LogP contribution in [0.5, 0.6) is 23.0 Å². The number of isocyanates is 1. The highest BCUT2D eigenvalue weighted by Gasteiger charge is 2.33. The van der Waals surface area contributed by atoms with Crippen LogP contribution in [0.3, 0.4) is 0 Å².